The van der Waals surface area contributed by atoms with Crippen LogP contribution in [0.25, 0.3) is 0 Å². The molecular formula is C11H17N5O3S2. The first kappa shape index (κ1) is 14.6. The molecule has 0 bridgehead atoms. The highest BCUT2D eigenvalue weighted by atomic mass is 32.2. The monoisotopic (exact) mass is 331 g/mol. The molecule has 0 aromatic carbocycles. The summed E-state index contributed by atoms with van der Waals surface area (Å²) in [6.07, 6.45) is 3.83. The maximum Gasteiger partial charge on any atom is 0.233 e. The van der Waals surface area contributed by atoms with Crippen LogP contribution in [0.5, 0.6) is 0 Å². The number of amides is 1. The predicted octanol–water partition coefficient (Wildman–Crippen LogP) is -0.738. The van der Waals surface area contributed by atoms with Gasteiger partial charge in [0, 0.05) is 12.1 Å². The molecule has 10 heteroatoms. The fraction of sp³-hybridized carbons (Fsp3) is 0.727. The van der Waals surface area contributed by atoms with E-state index in [1.807, 2.05) is 0 Å². The Kier molecular flexibility index (Phi) is 3.82. The summed E-state index contributed by atoms with van der Waals surface area (Å²) in [5.74, 6) is 6.02. The van der Waals surface area contributed by atoms with Gasteiger partial charge < -0.3 is 10.7 Å². The van der Waals surface area contributed by atoms with Gasteiger partial charge in [-0.05, 0) is 19.3 Å². The second kappa shape index (κ2) is 5.48. The van der Waals surface area contributed by atoms with Gasteiger partial charge in [0.25, 0.3) is 0 Å². The molecule has 8 nitrogen and oxygen atoms in total. The van der Waals surface area contributed by atoms with Crippen LogP contribution < -0.4 is 5.84 Å². The standard InChI is InChI=1S/C11H17N5O3S2/c12-15-7-13-14-11(15)20-5-10(17)16(8-1-2-8)9-3-4-21(18,19)6-9/h7-9H,1-6,12H2/t9-/m1/s1. The van der Waals surface area contributed by atoms with Crippen LogP contribution >= 0.6 is 11.8 Å². The second-order valence-corrected chi connectivity index (χ2v) is 8.57. The minimum atomic E-state index is -2.99. The van der Waals surface area contributed by atoms with Crippen molar-refractivity contribution in [1.82, 2.24) is 19.8 Å². The number of nitrogen functional groups attached to an aromatic ring is 1. The molecule has 0 radical (unpaired) electrons. The lowest BCUT2D eigenvalue weighted by atomic mass is 10.2. The van der Waals surface area contributed by atoms with Crippen LogP contribution in [-0.2, 0) is 14.6 Å². The van der Waals surface area contributed by atoms with Gasteiger partial charge in [-0.15, -0.1) is 10.2 Å². The van der Waals surface area contributed by atoms with E-state index in [9.17, 15) is 13.2 Å². The molecule has 1 aliphatic carbocycles. The Morgan fingerprint density at radius 3 is 2.71 bits per heavy atom. The van der Waals surface area contributed by atoms with Gasteiger partial charge in [0.1, 0.15) is 6.33 Å². The maximum atomic E-state index is 12.4. The molecule has 3 rings (SSSR count). The largest absolute Gasteiger partial charge is 0.336 e. The van der Waals surface area contributed by atoms with Gasteiger partial charge in [-0.3, -0.25) is 4.79 Å². The number of hydrogen-bond donors (Lipinski definition) is 1. The molecule has 0 unspecified atom stereocenters. The number of hydrogen-bond acceptors (Lipinski definition) is 7. The summed E-state index contributed by atoms with van der Waals surface area (Å²) in [6, 6.07) is 0.0264. The molecule has 1 aliphatic heterocycles. The van der Waals surface area contributed by atoms with Crippen molar-refractivity contribution in [3.63, 3.8) is 0 Å². The summed E-state index contributed by atoms with van der Waals surface area (Å²) in [5, 5.41) is 7.93. The van der Waals surface area contributed by atoms with Crippen molar-refractivity contribution in [3.05, 3.63) is 6.33 Å². The Hall–Kier alpha value is -1.29. The molecule has 2 fully saturated rings. The van der Waals surface area contributed by atoms with Gasteiger partial charge in [0.15, 0.2) is 9.84 Å². The maximum absolute atomic E-state index is 12.4. The molecule has 1 aromatic rings. The number of sulfone groups is 1. The third-order valence-corrected chi connectivity index (χ3v) is 6.39. The van der Waals surface area contributed by atoms with Crippen LogP contribution in [0.3, 0.4) is 0 Å². The Bertz CT molecular complexity index is 640. The Morgan fingerprint density at radius 2 is 2.19 bits per heavy atom. The zero-order chi connectivity index (χ0) is 15.0. The zero-order valence-electron chi connectivity index (χ0n) is 11.4. The average molecular weight is 331 g/mol. The van der Waals surface area contributed by atoms with Crippen LogP contribution in [0.4, 0.5) is 0 Å². The predicted molar refractivity (Wildman–Crippen MR) is 77.8 cm³/mol. The molecular weight excluding hydrogens is 314 g/mol. The van der Waals surface area contributed by atoms with Gasteiger partial charge in [0.05, 0.1) is 17.3 Å². The molecule has 2 aliphatic rings. The van der Waals surface area contributed by atoms with E-state index in [2.05, 4.69) is 10.2 Å². The lowest BCUT2D eigenvalue weighted by Gasteiger charge is -2.28. The smallest absolute Gasteiger partial charge is 0.233 e. The van der Waals surface area contributed by atoms with E-state index in [0.29, 0.717) is 11.6 Å². The van der Waals surface area contributed by atoms with E-state index in [1.165, 1.54) is 22.8 Å². The molecule has 2 heterocycles. The topological polar surface area (TPSA) is 111 Å². The Morgan fingerprint density at radius 1 is 1.43 bits per heavy atom. The summed E-state index contributed by atoms with van der Waals surface area (Å²) in [7, 11) is -2.99. The molecule has 1 saturated heterocycles. The summed E-state index contributed by atoms with van der Waals surface area (Å²) in [4.78, 5) is 14.2. The minimum absolute atomic E-state index is 0.0485. The van der Waals surface area contributed by atoms with Gasteiger partial charge in [-0.25, -0.2) is 13.1 Å². The molecule has 116 valence electrons. The number of carbonyl (C=O) groups is 1. The van der Waals surface area contributed by atoms with Crippen molar-refractivity contribution < 1.29 is 13.2 Å². The van der Waals surface area contributed by atoms with Crippen molar-refractivity contribution in [2.75, 3.05) is 23.1 Å². The third kappa shape index (κ3) is 3.31. The number of rotatable bonds is 5. The molecule has 0 spiro atoms. The first-order valence-corrected chi connectivity index (χ1v) is 9.56. The number of nitrogens with two attached hydrogens (primary N) is 1. The van der Waals surface area contributed by atoms with Crippen LogP contribution in [-0.4, -0.2) is 63.4 Å². The van der Waals surface area contributed by atoms with E-state index < -0.39 is 9.84 Å². The second-order valence-electron chi connectivity index (χ2n) is 5.40. The fourth-order valence-electron chi connectivity index (χ4n) is 2.59. The molecule has 21 heavy (non-hydrogen) atoms. The summed E-state index contributed by atoms with van der Waals surface area (Å²) in [5.41, 5.74) is 0. The zero-order valence-corrected chi connectivity index (χ0v) is 13.0. The quantitative estimate of drug-likeness (QED) is 0.559. The summed E-state index contributed by atoms with van der Waals surface area (Å²) >= 11 is 1.22. The first-order valence-electron chi connectivity index (χ1n) is 6.76. The molecule has 2 N–H and O–H groups in total. The first-order chi connectivity index (χ1) is 9.96. The van der Waals surface area contributed by atoms with Crippen molar-refractivity contribution in [3.8, 4) is 0 Å². The molecule has 1 amide bonds. The van der Waals surface area contributed by atoms with E-state index in [0.717, 1.165) is 12.8 Å². The average Bonchev–Trinajstić information content (AvgIpc) is 3.06. The highest BCUT2D eigenvalue weighted by Gasteiger charge is 2.41. The third-order valence-electron chi connectivity index (χ3n) is 3.69. The lowest BCUT2D eigenvalue weighted by Crippen LogP contribution is -2.43. The Balaban J connectivity index is 1.64. The van der Waals surface area contributed by atoms with Gasteiger partial charge in [-0.2, -0.15) is 0 Å². The molecule has 1 atom stereocenters. The van der Waals surface area contributed by atoms with Crippen molar-refractivity contribution in [1.29, 1.82) is 0 Å². The van der Waals surface area contributed by atoms with Gasteiger partial charge >= 0.3 is 0 Å². The Labute approximate surface area is 127 Å². The highest BCUT2D eigenvalue weighted by molar-refractivity contribution is 7.99. The summed E-state index contributed by atoms with van der Waals surface area (Å²) < 4.78 is 24.5. The normalized spacial score (nSPS) is 24.1. The molecule has 1 aromatic heterocycles. The van der Waals surface area contributed by atoms with Crippen LogP contribution in [0.15, 0.2) is 11.5 Å². The number of thioether (sulfide) groups is 1. The number of aromatic nitrogens is 3. The van der Waals surface area contributed by atoms with Crippen LogP contribution in [0.1, 0.15) is 19.3 Å². The van der Waals surface area contributed by atoms with E-state index in [1.54, 1.807) is 4.90 Å². The van der Waals surface area contributed by atoms with E-state index >= 15 is 0 Å². The lowest BCUT2D eigenvalue weighted by molar-refractivity contribution is -0.130. The highest BCUT2D eigenvalue weighted by Crippen LogP contribution is 2.33. The number of nitrogens with zero attached hydrogens (tertiary/aromatic N) is 4. The van der Waals surface area contributed by atoms with Crippen LogP contribution in [0, 0.1) is 0 Å². The summed E-state index contributed by atoms with van der Waals surface area (Å²) in [6.45, 7) is 0. The molecule has 1 saturated carbocycles. The van der Waals surface area contributed by atoms with Gasteiger partial charge in [-0.1, -0.05) is 11.8 Å². The van der Waals surface area contributed by atoms with Crippen molar-refractivity contribution in [2.45, 2.75) is 36.5 Å². The minimum Gasteiger partial charge on any atom is -0.336 e. The van der Waals surface area contributed by atoms with E-state index in [-0.39, 0.29) is 35.2 Å². The SMILES string of the molecule is Nn1cnnc1SCC(=O)N(C1CC1)[C@@H]1CCS(=O)(=O)C1. The van der Waals surface area contributed by atoms with E-state index in [4.69, 9.17) is 5.84 Å². The van der Waals surface area contributed by atoms with Crippen molar-refractivity contribution in [2.24, 2.45) is 0 Å². The number of carbonyl (C=O) groups excluding carboxylic acids is 1. The van der Waals surface area contributed by atoms with Crippen molar-refractivity contribution >= 4 is 27.5 Å². The van der Waals surface area contributed by atoms with Gasteiger partial charge in [0.2, 0.25) is 11.1 Å². The fourth-order valence-corrected chi connectivity index (χ4v) is 5.00. The van der Waals surface area contributed by atoms with Crippen LogP contribution in [0.2, 0.25) is 0 Å².